The van der Waals surface area contributed by atoms with Crippen molar-refractivity contribution in [2.45, 2.75) is 0 Å². The molecule has 0 saturated heterocycles. The molecule has 40 valence electrons. The van der Waals surface area contributed by atoms with Gasteiger partial charge in [0.25, 0.3) is 0 Å². The van der Waals surface area contributed by atoms with Gasteiger partial charge in [-0.25, -0.2) is 0 Å². The minimum absolute atomic E-state index is 0. The normalized spacial score (nSPS) is 10.0. The fourth-order valence-electron chi connectivity index (χ4n) is 0. The Kier molecular flexibility index (Phi) is 4.64. The summed E-state index contributed by atoms with van der Waals surface area (Å²) in [5, 5.41) is 0. The first kappa shape index (κ1) is 9.87. The molecule has 0 heterocycles. The first-order chi connectivity index (χ1) is 2.00. The van der Waals surface area contributed by atoms with Crippen LogP contribution in [0, 0.1) is 0 Å². The number of hydrogen-bond acceptors (Lipinski definition) is 0. The predicted molar refractivity (Wildman–Crippen MR) is 37.9 cm³/mol. The largest absolute Gasteiger partial charge is 0.147 e. The van der Waals surface area contributed by atoms with E-state index < -0.39 is 0 Å². The van der Waals surface area contributed by atoms with Gasteiger partial charge in [0.15, 0.2) is 0 Å². The monoisotopic (exact) mass is 127 g/mol. The maximum absolute atomic E-state index is 2.30. The summed E-state index contributed by atoms with van der Waals surface area (Å²) in [6.07, 6.45) is 0. The average Bonchev–Trinajstić information content (AvgIpc) is 0.722. The maximum Gasteiger partial charge on any atom is 0.0481 e. The Bertz CT molecular complexity index is 23.0. The molecule has 0 aromatic carbocycles. The van der Waals surface area contributed by atoms with Gasteiger partial charge in [-0.05, 0) is 0 Å². The molecule has 0 aromatic rings. The molecule has 6 heavy (non-hydrogen) atoms. The Labute approximate surface area is 47.1 Å². The van der Waals surface area contributed by atoms with Crippen LogP contribution in [0.15, 0.2) is 0 Å². The number of rotatable bonds is 0. The van der Waals surface area contributed by atoms with Crippen LogP contribution in [0.1, 0.15) is 0 Å². The van der Waals surface area contributed by atoms with Crippen molar-refractivity contribution >= 4 is 19.7 Å². The fourth-order valence-corrected chi connectivity index (χ4v) is 0. The average molecular weight is 128 g/mol. The van der Waals surface area contributed by atoms with Crippen LogP contribution in [0.25, 0.3) is 0 Å². The van der Waals surface area contributed by atoms with Crippen molar-refractivity contribution in [2.24, 2.45) is 0 Å². The van der Waals surface area contributed by atoms with E-state index in [1.54, 1.807) is 0 Å². The summed E-state index contributed by atoms with van der Waals surface area (Å²) in [5.74, 6) is 0. The first-order valence-corrected chi connectivity index (χ1v) is 5.37. The highest BCUT2D eigenvalue weighted by Crippen LogP contribution is 2.40. The highest BCUT2D eigenvalue weighted by molar-refractivity contribution is 7.72. The van der Waals surface area contributed by atoms with Crippen LogP contribution in [-0.2, 0) is 0 Å². The molecule has 2 heteroatoms. The predicted octanol–water partition coefficient (Wildman–Crippen LogP) is 1.94. The Morgan fingerprint density at radius 1 is 0.833 bits per heavy atom. The van der Waals surface area contributed by atoms with Crippen LogP contribution in [0.3, 0.4) is 0 Å². The Hall–Kier alpha value is 0.720. The zero-order valence-electron chi connectivity index (χ0n) is 4.86. The summed E-state index contributed by atoms with van der Waals surface area (Å²) in [6.45, 7) is 9.19. The lowest BCUT2D eigenvalue weighted by atomic mass is 11.8. The minimum Gasteiger partial charge on any atom is -0.147 e. The number of hydrogen-bond donors (Lipinski definition) is 0. The van der Waals surface area contributed by atoms with Crippen LogP contribution in [0.5, 0.6) is 0 Å². The summed E-state index contributed by atoms with van der Waals surface area (Å²) in [7, 11) is -0.389. The molecule has 0 nitrogen and oxygen atoms in total. The smallest absolute Gasteiger partial charge is 0.0481 e. The number of halogens is 1. The molecule has 0 spiro atoms. The summed E-state index contributed by atoms with van der Waals surface area (Å²) in [5.41, 5.74) is 0. The van der Waals surface area contributed by atoms with Crippen LogP contribution in [0.2, 0.25) is 0 Å². The summed E-state index contributed by atoms with van der Waals surface area (Å²) >= 11 is 0. The summed E-state index contributed by atoms with van der Waals surface area (Å²) in [6, 6.07) is 0. The van der Waals surface area contributed by atoms with E-state index in [4.69, 9.17) is 0 Å². The van der Waals surface area contributed by atoms with E-state index in [9.17, 15) is 0 Å². The molecule has 0 atom stereocenters. The molecule has 0 aromatic heterocycles. The van der Waals surface area contributed by atoms with Gasteiger partial charge in [0.05, 0.1) is 0 Å². The zero-order valence-corrected chi connectivity index (χ0v) is 6.57. The van der Waals surface area contributed by atoms with Crippen molar-refractivity contribution in [3.05, 3.63) is 0 Å². The lowest BCUT2D eigenvalue weighted by Gasteiger charge is -1.97. The zero-order chi connectivity index (χ0) is 4.50. The van der Waals surface area contributed by atoms with Gasteiger partial charge in [0.2, 0.25) is 0 Å². The van der Waals surface area contributed by atoms with E-state index >= 15 is 0 Å². The SMILES string of the molecule is C[P+](C)(C)C.Cl. The van der Waals surface area contributed by atoms with Crippen LogP contribution in [0.4, 0.5) is 0 Å². The standard InChI is InChI=1S/C4H12P.ClH/c1-5(2,3)4;/h1-4H3;1H/q+1;. The first-order valence-electron chi connectivity index (χ1n) is 1.79. The molecule has 0 bridgehead atoms. The van der Waals surface area contributed by atoms with Crippen molar-refractivity contribution < 1.29 is 0 Å². The lowest BCUT2D eigenvalue weighted by molar-refractivity contribution is 1.95. The Morgan fingerprint density at radius 2 is 0.833 bits per heavy atom. The third-order valence-electron chi connectivity index (χ3n) is 0. The third-order valence-corrected chi connectivity index (χ3v) is 0. The van der Waals surface area contributed by atoms with Gasteiger partial charge in [-0.3, -0.25) is 0 Å². The molecule has 0 radical (unpaired) electrons. The molecule has 0 aliphatic rings. The molecule has 0 saturated carbocycles. The van der Waals surface area contributed by atoms with Crippen LogP contribution in [-0.4, -0.2) is 26.7 Å². The topological polar surface area (TPSA) is 0 Å². The van der Waals surface area contributed by atoms with Gasteiger partial charge < -0.3 is 0 Å². The Morgan fingerprint density at radius 3 is 0.833 bits per heavy atom. The van der Waals surface area contributed by atoms with Gasteiger partial charge in [0.1, 0.15) is 0 Å². The molecule has 0 rings (SSSR count). The molecule has 0 fully saturated rings. The molecule has 0 N–H and O–H groups in total. The maximum atomic E-state index is 2.30. The van der Waals surface area contributed by atoms with Crippen LogP contribution >= 0.6 is 19.7 Å². The van der Waals surface area contributed by atoms with E-state index in [0.29, 0.717) is 0 Å². The minimum atomic E-state index is -0.389. The summed E-state index contributed by atoms with van der Waals surface area (Å²) < 4.78 is 0. The molecule has 0 unspecified atom stereocenters. The third kappa shape index (κ3) is 126. The molecule has 0 aliphatic heterocycles. The Balaban J connectivity index is 0. The molecule has 0 aliphatic carbocycles. The van der Waals surface area contributed by atoms with Crippen molar-refractivity contribution in [1.29, 1.82) is 0 Å². The van der Waals surface area contributed by atoms with E-state index in [2.05, 4.69) is 26.7 Å². The van der Waals surface area contributed by atoms with E-state index in [-0.39, 0.29) is 19.7 Å². The van der Waals surface area contributed by atoms with Gasteiger partial charge in [-0.2, -0.15) is 0 Å². The van der Waals surface area contributed by atoms with E-state index in [1.807, 2.05) is 0 Å². The van der Waals surface area contributed by atoms with Gasteiger partial charge in [0, 0.05) is 33.9 Å². The molecular formula is C4H13ClP+. The van der Waals surface area contributed by atoms with Gasteiger partial charge in [-0.1, -0.05) is 0 Å². The fraction of sp³-hybridized carbons (Fsp3) is 1.00. The van der Waals surface area contributed by atoms with Gasteiger partial charge >= 0.3 is 0 Å². The second-order valence-corrected chi connectivity index (χ2v) is 8.05. The lowest BCUT2D eigenvalue weighted by Crippen LogP contribution is -1.74. The van der Waals surface area contributed by atoms with E-state index in [1.165, 1.54) is 0 Å². The second-order valence-electron chi connectivity index (χ2n) is 2.68. The highest BCUT2D eigenvalue weighted by Gasteiger charge is 2.03. The molecule has 0 amide bonds. The van der Waals surface area contributed by atoms with Crippen molar-refractivity contribution in [1.82, 2.24) is 0 Å². The van der Waals surface area contributed by atoms with Crippen molar-refractivity contribution in [3.63, 3.8) is 0 Å². The van der Waals surface area contributed by atoms with Gasteiger partial charge in [-0.15, -0.1) is 12.4 Å². The highest BCUT2D eigenvalue weighted by atomic mass is 35.5. The van der Waals surface area contributed by atoms with Crippen molar-refractivity contribution in [2.75, 3.05) is 26.7 Å². The summed E-state index contributed by atoms with van der Waals surface area (Å²) in [4.78, 5) is 0. The van der Waals surface area contributed by atoms with Crippen molar-refractivity contribution in [3.8, 4) is 0 Å². The second kappa shape index (κ2) is 2.82. The molecular weight excluding hydrogens is 114 g/mol. The van der Waals surface area contributed by atoms with E-state index in [0.717, 1.165) is 0 Å². The van der Waals surface area contributed by atoms with Crippen LogP contribution < -0.4 is 0 Å². The quantitative estimate of drug-likeness (QED) is 0.437.